The quantitative estimate of drug-likeness (QED) is 0.117. The van der Waals surface area contributed by atoms with E-state index in [0.717, 1.165) is 37.5 Å². The highest BCUT2D eigenvalue weighted by molar-refractivity contribution is 6.84. The summed E-state index contributed by atoms with van der Waals surface area (Å²) in [4.78, 5) is 23.2. The molecule has 0 N–H and O–H groups in total. The molecular weight excluding hydrogens is 416 g/mol. The predicted molar refractivity (Wildman–Crippen MR) is 127 cm³/mol. The summed E-state index contributed by atoms with van der Waals surface area (Å²) >= 11 is 0. The van der Waals surface area contributed by atoms with Crippen LogP contribution in [0.4, 0.5) is 0 Å². The molecule has 0 aromatic carbocycles. The molecule has 0 fully saturated rings. The molecule has 0 atom stereocenters. The van der Waals surface area contributed by atoms with Crippen molar-refractivity contribution in [2.75, 3.05) is 26.4 Å². The van der Waals surface area contributed by atoms with E-state index < -0.39 is 28.6 Å². The van der Waals surface area contributed by atoms with Crippen molar-refractivity contribution in [3.8, 4) is 0 Å². The fourth-order valence-electron chi connectivity index (χ4n) is 3.07. The summed E-state index contributed by atoms with van der Waals surface area (Å²) < 4.78 is 21.9. The second kappa shape index (κ2) is 16.7. The second-order valence-electron chi connectivity index (χ2n) is 9.13. The molecule has 6 nitrogen and oxygen atoms in total. The molecule has 0 aromatic heterocycles. The van der Waals surface area contributed by atoms with Crippen molar-refractivity contribution >= 4 is 28.6 Å². The van der Waals surface area contributed by atoms with Crippen LogP contribution in [0.1, 0.15) is 51.9 Å². The van der Waals surface area contributed by atoms with Gasteiger partial charge in [-0.2, -0.15) is 0 Å². The van der Waals surface area contributed by atoms with Gasteiger partial charge in [0.2, 0.25) is 0 Å². The van der Waals surface area contributed by atoms with Gasteiger partial charge in [0, 0.05) is 18.8 Å². The molecule has 0 aliphatic heterocycles. The van der Waals surface area contributed by atoms with E-state index in [0.29, 0.717) is 19.8 Å². The molecule has 176 valence electrons. The number of unbranched alkanes of at least 4 members (excludes halogenated alkanes) is 5. The molecule has 0 aliphatic carbocycles. The Morgan fingerprint density at radius 3 is 1.87 bits per heavy atom. The zero-order valence-corrected chi connectivity index (χ0v) is 22.1. The molecule has 0 rings (SSSR count). The van der Waals surface area contributed by atoms with E-state index in [2.05, 4.69) is 39.7 Å². The predicted octanol–water partition coefficient (Wildman–Crippen LogP) is 5.45. The molecule has 0 unspecified atom stereocenters. The van der Waals surface area contributed by atoms with Gasteiger partial charge in [-0.05, 0) is 51.6 Å². The smallest absolute Gasteiger partial charge is 0.331 e. The number of rotatable bonds is 18. The first-order valence-electron chi connectivity index (χ1n) is 11.4. The van der Waals surface area contributed by atoms with Gasteiger partial charge in [0.05, 0.1) is 13.2 Å². The third-order valence-electron chi connectivity index (χ3n) is 4.22. The fourth-order valence-corrected chi connectivity index (χ4v) is 11.1. The van der Waals surface area contributed by atoms with Crippen LogP contribution < -0.4 is 0 Å². The van der Waals surface area contributed by atoms with Crippen LogP contribution in [0.5, 0.6) is 0 Å². The number of hydrogen-bond donors (Lipinski definition) is 0. The van der Waals surface area contributed by atoms with Crippen LogP contribution in [0.15, 0.2) is 12.2 Å². The van der Waals surface area contributed by atoms with Crippen LogP contribution in [0.2, 0.25) is 38.8 Å². The molecule has 0 aromatic rings. The summed E-state index contributed by atoms with van der Waals surface area (Å²) in [5, 5.41) is 0. The molecule has 0 heterocycles. The average molecular weight is 461 g/mol. The van der Waals surface area contributed by atoms with Crippen LogP contribution in [0.3, 0.4) is 0 Å². The van der Waals surface area contributed by atoms with Gasteiger partial charge in [-0.3, -0.25) is 0 Å². The maximum absolute atomic E-state index is 11.6. The average Bonchev–Trinajstić information content (AvgIpc) is 2.62. The summed E-state index contributed by atoms with van der Waals surface area (Å²) in [6, 6.07) is 1.06. The van der Waals surface area contributed by atoms with Gasteiger partial charge in [0.25, 0.3) is 0 Å². The number of carbonyl (C=O) groups excluding carboxylic acids is 2. The Bertz CT molecular complexity index is 500. The molecule has 0 amide bonds. The van der Waals surface area contributed by atoms with Gasteiger partial charge in [0.1, 0.15) is 6.61 Å². The molecule has 0 aliphatic rings. The first-order valence-corrected chi connectivity index (χ1v) is 17.9. The van der Waals surface area contributed by atoms with Gasteiger partial charge in [-0.1, -0.05) is 39.0 Å². The van der Waals surface area contributed by atoms with E-state index in [-0.39, 0.29) is 6.61 Å². The van der Waals surface area contributed by atoms with Crippen LogP contribution in [-0.2, 0) is 27.9 Å². The highest BCUT2D eigenvalue weighted by atomic mass is 28.4. The van der Waals surface area contributed by atoms with Crippen LogP contribution in [0, 0.1) is 0 Å². The lowest BCUT2D eigenvalue weighted by molar-refractivity contribution is -0.141. The largest absolute Gasteiger partial charge is 0.463 e. The fraction of sp³-hybridized carbons (Fsp3) is 0.818. The molecule has 0 saturated carbocycles. The van der Waals surface area contributed by atoms with Gasteiger partial charge in [-0.25, -0.2) is 9.59 Å². The lowest BCUT2D eigenvalue weighted by atomic mass is 10.1. The van der Waals surface area contributed by atoms with Crippen molar-refractivity contribution in [1.82, 2.24) is 0 Å². The molecule has 0 saturated heterocycles. The number of esters is 2. The minimum absolute atomic E-state index is 0.169. The van der Waals surface area contributed by atoms with Crippen molar-refractivity contribution in [2.45, 2.75) is 90.6 Å². The van der Waals surface area contributed by atoms with Crippen molar-refractivity contribution in [1.29, 1.82) is 0 Å². The minimum Gasteiger partial charge on any atom is -0.463 e. The highest BCUT2D eigenvalue weighted by Crippen LogP contribution is 2.19. The third-order valence-corrected chi connectivity index (χ3v) is 10.4. The first kappa shape index (κ1) is 29.0. The minimum atomic E-state index is -1.62. The summed E-state index contributed by atoms with van der Waals surface area (Å²) in [6.07, 6.45) is 9.95. The van der Waals surface area contributed by atoms with Gasteiger partial charge in [0.15, 0.2) is 16.6 Å². The van der Waals surface area contributed by atoms with E-state index in [9.17, 15) is 9.59 Å². The summed E-state index contributed by atoms with van der Waals surface area (Å²) in [7, 11) is -3.12. The van der Waals surface area contributed by atoms with Crippen LogP contribution >= 0.6 is 0 Å². The number of ether oxygens (including phenoxy) is 3. The Morgan fingerprint density at radius 2 is 1.27 bits per heavy atom. The first-order chi connectivity index (χ1) is 14.1. The Labute approximate surface area is 185 Å². The van der Waals surface area contributed by atoms with Crippen molar-refractivity contribution in [3.63, 3.8) is 0 Å². The van der Waals surface area contributed by atoms with Crippen molar-refractivity contribution in [2.24, 2.45) is 0 Å². The topological polar surface area (TPSA) is 71.1 Å². The number of hydrogen-bond acceptors (Lipinski definition) is 6. The molecule has 8 heteroatoms. The SMILES string of the molecule is CCCCCCCCOC(=O)C=CC(=O)OCCOCCC[Si](C)(C)O[Si](C)(C)C. The molecule has 0 radical (unpaired) electrons. The van der Waals surface area contributed by atoms with E-state index in [1.807, 2.05) is 0 Å². The van der Waals surface area contributed by atoms with Crippen LogP contribution in [-0.4, -0.2) is 55.0 Å². The molecule has 0 spiro atoms. The third kappa shape index (κ3) is 20.3. The molecule has 0 bridgehead atoms. The van der Waals surface area contributed by atoms with Gasteiger partial charge in [-0.15, -0.1) is 0 Å². The Hall–Kier alpha value is -0.966. The zero-order valence-electron chi connectivity index (χ0n) is 20.1. The Morgan fingerprint density at radius 1 is 0.700 bits per heavy atom. The second-order valence-corrected chi connectivity index (χ2v) is 18.2. The molecule has 30 heavy (non-hydrogen) atoms. The van der Waals surface area contributed by atoms with E-state index in [1.165, 1.54) is 25.7 Å². The van der Waals surface area contributed by atoms with Gasteiger partial charge >= 0.3 is 11.9 Å². The maximum atomic E-state index is 11.6. The summed E-state index contributed by atoms with van der Waals surface area (Å²) in [5.74, 6) is -1.07. The summed E-state index contributed by atoms with van der Waals surface area (Å²) in [5.41, 5.74) is 0. The van der Waals surface area contributed by atoms with Gasteiger partial charge < -0.3 is 18.3 Å². The van der Waals surface area contributed by atoms with E-state index in [4.69, 9.17) is 18.3 Å². The normalized spacial score (nSPS) is 12.3. The van der Waals surface area contributed by atoms with Crippen LogP contribution in [0.25, 0.3) is 0 Å². The number of carbonyl (C=O) groups is 2. The standard InChI is InChI=1S/C22H44O6Si2/c1-7-8-9-10-11-12-17-26-21(23)14-15-22(24)27-19-18-25-16-13-20-30(5,6)28-29(2,3)4/h14-15H,7-13,16-20H2,1-6H3. The zero-order chi connectivity index (χ0) is 22.9. The van der Waals surface area contributed by atoms with E-state index >= 15 is 0 Å². The highest BCUT2D eigenvalue weighted by Gasteiger charge is 2.28. The van der Waals surface area contributed by atoms with E-state index in [1.54, 1.807) is 0 Å². The van der Waals surface area contributed by atoms with Crippen molar-refractivity contribution < 1.29 is 27.9 Å². The Balaban J connectivity index is 3.67. The Kier molecular flexibility index (Phi) is 16.2. The lowest BCUT2D eigenvalue weighted by Gasteiger charge is -2.31. The van der Waals surface area contributed by atoms with Crippen molar-refractivity contribution in [3.05, 3.63) is 12.2 Å². The monoisotopic (exact) mass is 460 g/mol. The maximum Gasteiger partial charge on any atom is 0.331 e. The lowest BCUT2D eigenvalue weighted by Crippen LogP contribution is -2.42. The summed E-state index contributed by atoms with van der Waals surface area (Å²) in [6.45, 7) is 14.9. The molecular formula is C22H44O6Si2.